The van der Waals surface area contributed by atoms with Gasteiger partial charge in [0.1, 0.15) is 5.69 Å². The topological polar surface area (TPSA) is 51.2 Å². The first-order chi connectivity index (χ1) is 6.84. The molecule has 1 amide bonds. The van der Waals surface area contributed by atoms with E-state index in [1.807, 2.05) is 0 Å². The lowest BCUT2D eigenvalue weighted by Crippen LogP contribution is -2.27. The number of nitrogens with one attached hydrogen (secondary N) is 1. The van der Waals surface area contributed by atoms with E-state index in [-0.39, 0.29) is 5.91 Å². The summed E-state index contributed by atoms with van der Waals surface area (Å²) >= 11 is 6.80. The van der Waals surface area contributed by atoms with Crippen LogP contribution in [0.3, 0.4) is 0 Å². The van der Waals surface area contributed by atoms with Crippen molar-refractivity contribution in [3.8, 4) is 0 Å². The summed E-state index contributed by atoms with van der Waals surface area (Å²) < 4.78 is 5.09. The molecule has 0 spiro atoms. The maximum Gasteiger partial charge on any atom is 0.270 e. The molecule has 0 aliphatic heterocycles. The Hall–Kier alpha value is -0.650. The number of amides is 1. The van der Waals surface area contributed by atoms with E-state index in [4.69, 9.17) is 16.3 Å². The van der Waals surface area contributed by atoms with Crippen LogP contribution in [0, 0.1) is 0 Å². The van der Waals surface area contributed by atoms with E-state index >= 15 is 0 Å². The summed E-state index contributed by atoms with van der Waals surface area (Å²) in [5.74, 6) is 0.306. The summed E-state index contributed by atoms with van der Waals surface area (Å²) in [6, 6.07) is 0. The summed E-state index contributed by atoms with van der Waals surface area (Å²) in [4.78, 5) is 15.2. The van der Waals surface area contributed by atoms with E-state index in [0.29, 0.717) is 31.3 Å². The van der Waals surface area contributed by atoms with Crippen LogP contribution in [0.2, 0.25) is 0 Å². The zero-order chi connectivity index (χ0) is 10.2. The van der Waals surface area contributed by atoms with E-state index in [1.165, 1.54) is 11.3 Å². The maximum atomic E-state index is 11.3. The standard InChI is InChI=1S/C8H11ClN2O2S/c9-1-3-13-4-2-10-8(12)7-5-14-6-11-7/h5-6H,1-4H2,(H,10,12). The molecule has 1 aromatic heterocycles. The van der Waals surface area contributed by atoms with Crippen molar-refractivity contribution in [3.05, 3.63) is 16.6 Å². The number of rotatable bonds is 6. The Morgan fingerprint density at radius 3 is 3.14 bits per heavy atom. The molecule has 0 unspecified atom stereocenters. The van der Waals surface area contributed by atoms with Gasteiger partial charge in [-0.1, -0.05) is 0 Å². The molecule has 0 atom stereocenters. The maximum absolute atomic E-state index is 11.3. The summed E-state index contributed by atoms with van der Waals surface area (Å²) in [5.41, 5.74) is 2.08. The molecule has 14 heavy (non-hydrogen) atoms. The fraction of sp³-hybridized carbons (Fsp3) is 0.500. The molecular formula is C8H11ClN2O2S. The summed E-state index contributed by atoms with van der Waals surface area (Å²) in [6.07, 6.45) is 0. The molecule has 0 fully saturated rings. The molecule has 0 aliphatic rings. The van der Waals surface area contributed by atoms with Crippen LogP contribution in [0.15, 0.2) is 10.9 Å². The summed E-state index contributed by atoms with van der Waals surface area (Å²) in [6.45, 7) is 1.46. The number of hydrogen-bond donors (Lipinski definition) is 1. The highest BCUT2D eigenvalue weighted by molar-refractivity contribution is 7.07. The minimum absolute atomic E-state index is 0.166. The number of halogens is 1. The van der Waals surface area contributed by atoms with E-state index in [2.05, 4.69) is 10.3 Å². The second-order valence-electron chi connectivity index (χ2n) is 2.43. The van der Waals surface area contributed by atoms with Crippen LogP contribution in [-0.2, 0) is 4.74 Å². The lowest BCUT2D eigenvalue weighted by atomic mass is 10.4. The predicted octanol–water partition coefficient (Wildman–Crippen LogP) is 1.13. The average Bonchev–Trinajstić information content (AvgIpc) is 2.70. The van der Waals surface area contributed by atoms with Gasteiger partial charge in [-0.2, -0.15) is 0 Å². The first-order valence-electron chi connectivity index (χ1n) is 4.14. The van der Waals surface area contributed by atoms with Crippen molar-refractivity contribution in [2.24, 2.45) is 0 Å². The Bertz CT molecular complexity index is 266. The molecule has 0 saturated carbocycles. The van der Waals surface area contributed by atoms with Gasteiger partial charge in [0, 0.05) is 17.8 Å². The van der Waals surface area contributed by atoms with Gasteiger partial charge in [-0.05, 0) is 0 Å². The van der Waals surface area contributed by atoms with Crippen molar-refractivity contribution in [2.45, 2.75) is 0 Å². The Morgan fingerprint density at radius 1 is 1.64 bits per heavy atom. The molecule has 1 rings (SSSR count). The first kappa shape index (κ1) is 11.4. The number of carbonyl (C=O) groups is 1. The van der Waals surface area contributed by atoms with Gasteiger partial charge in [0.05, 0.1) is 18.7 Å². The van der Waals surface area contributed by atoms with Crippen LogP contribution in [0.4, 0.5) is 0 Å². The Balaban J connectivity index is 2.10. The van der Waals surface area contributed by atoms with Crippen molar-refractivity contribution in [2.75, 3.05) is 25.6 Å². The monoisotopic (exact) mass is 234 g/mol. The molecule has 4 nitrogen and oxygen atoms in total. The van der Waals surface area contributed by atoms with Crippen LogP contribution in [0.1, 0.15) is 10.5 Å². The zero-order valence-electron chi connectivity index (χ0n) is 7.53. The SMILES string of the molecule is O=C(NCCOCCCl)c1cscn1. The Labute approximate surface area is 91.2 Å². The van der Waals surface area contributed by atoms with Crippen LogP contribution in [-0.4, -0.2) is 36.5 Å². The molecule has 1 N–H and O–H groups in total. The van der Waals surface area contributed by atoms with E-state index in [0.717, 1.165) is 0 Å². The quantitative estimate of drug-likeness (QED) is 0.593. The Kier molecular flexibility index (Phi) is 5.51. The number of thiazole rings is 1. The number of alkyl halides is 1. The molecule has 6 heteroatoms. The third-order valence-electron chi connectivity index (χ3n) is 1.42. The number of hydrogen-bond acceptors (Lipinski definition) is 4. The summed E-state index contributed by atoms with van der Waals surface area (Å²) in [7, 11) is 0. The molecule has 0 aliphatic carbocycles. The van der Waals surface area contributed by atoms with Gasteiger partial charge >= 0.3 is 0 Å². The lowest BCUT2D eigenvalue weighted by Gasteiger charge is -2.03. The lowest BCUT2D eigenvalue weighted by molar-refractivity contribution is 0.0919. The highest BCUT2D eigenvalue weighted by atomic mass is 35.5. The highest BCUT2D eigenvalue weighted by Crippen LogP contribution is 1.99. The van der Waals surface area contributed by atoms with Crippen LogP contribution >= 0.6 is 22.9 Å². The molecule has 1 heterocycles. The number of aromatic nitrogens is 1. The van der Waals surface area contributed by atoms with Gasteiger partial charge in [-0.3, -0.25) is 4.79 Å². The average molecular weight is 235 g/mol. The normalized spacial score (nSPS) is 10.1. The number of nitrogens with zero attached hydrogens (tertiary/aromatic N) is 1. The van der Waals surface area contributed by atoms with E-state index in [9.17, 15) is 4.79 Å². The predicted molar refractivity (Wildman–Crippen MR) is 56.0 cm³/mol. The largest absolute Gasteiger partial charge is 0.378 e. The van der Waals surface area contributed by atoms with Crippen molar-refractivity contribution in [1.82, 2.24) is 10.3 Å². The van der Waals surface area contributed by atoms with Crippen molar-refractivity contribution < 1.29 is 9.53 Å². The zero-order valence-corrected chi connectivity index (χ0v) is 9.11. The molecule has 0 bridgehead atoms. The second-order valence-corrected chi connectivity index (χ2v) is 3.53. The third kappa shape index (κ3) is 4.04. The number of ether oxygens (including phenoxy) is 1. The van der Waals surface area contributed by atoms with Crippen LogP contribution in [0.25, 0.3) is 0 Å². The van der Waals surface area contributed by atoms with Gasteiger partial charge in [0.2, 0.25) is 0 Å². The van der Waals surface area contributed by atoms with Gasteiger partial charge in [-0.15, -0.1) is 22.9 Å². The van der Waals surface area contributed by atoms with Crippen molar-refractivity contribution in [1.29, 1.82) is 0 Å². The highest BCUT2D eigenvalue weighted by Gasteiger charge is 2.05. The van der Waals surface area contributed by atoms with Gasteiger partial charge in [0.25, 0.3) is 5.91 Å². The molecule has 0 saturated heterocycles. The molecule has 78 valence electrons. The third-order valence-corrected chi connectivity index (χ3v) is 2.16. The molecular weight excluding hydrogens is 224 g/mol. The molecule has 0 radical (unpaired) electrons. The smallest absolute Gasteiger partial charge is 0.270 e. The van der Waals surface area contributed by atoms with Crippen LogP contribution in [0.5, 0.6) is 0 Å². The fourth-order valence-corrected chi connectivity index (χ4v) is 1.45. The number of carbonyl (C=O) groups excluding carboxylic acids is 1. The molecule has 1 aromatic rings. The van der Waals surface area contributed by atoms with Gasteiger partial charge in [0.15, 0.2) is 0 Å². The first-order valence-corrected chi connectivity index (χ1v) is 5.62. The Morgan fingerprint density at radius 2 is 2.50 bits per heavy atom. The van der Waals surface area contributed by atoms with Crippen molar-refractivity contribution in [3.63, 3.8) is 0 Å². The molecule has 0 aromatic carbocycles. The fourth-order valence-electron chi connectivity index (χ4n) is 0.809. The van der Waals surface area contributed by atoms with Crippen LogP contribution < -0.4 is 5.32 Å². The van der Waals surface area contributed by atoms with E-state index < -0.39 is 0 Å². The van der Waals surface area contributed by atoms with Gasteiger partial charge in [-0.25, -0.2) is 4.98 Å². The summed E-state index contributed by atoms with van der Waals surface area (Å²) in [5, 5.41) is 4.38. The van der Waals surface area contributed by atoms with Gasteiger partial charge < -0.3 is 10.1 Å². The minimum Gasteiger partial charge on any atom is -0.378 e. The minimum atomic E-state index is -0.166. The van der Waals surface area contributed by atoms with E-state index in [1.54, 1.807) is 10.9 Å². The second kappa shape index (κ2) is 6.75. The van der Waals surface area contributed by atoms with Crippen molar-refractivity contribution >= 4 is 28.8 Å².